The minimum atomic E-state index is -0.633. The van der Waals surface area contributed by atoms with Gasteiger partial charge in [-0.3, -0.25) is 4.79 Å². The zero-order chi connectivity index (χ0) is 21.3. The molecule has 0 heterocycles. The van der Waals surface area contributed by atoms with Gasteiger partial charge >= 0.3 is 6.09 Å². The Morgan fingerprint density at radius 1 is 0.964 bits per heavy atom. The van der Waals surface area contributed by atoms with Crippen molar-refractivity contribution in [3.8, 4) is 0 Å². The number of hydrogen-bond acceptors (Lipinski definition) is 4. The van der Waals surface area contributed by atoms with Crippen LogP contribution in [0.5, 0.6) is 0 Å². The van der Waals surface area contributed by atoms with Gasteiger partial charge in [-0.25, -0.2) is 4.79 Å². The topological polar surface area (TPSA) is 79.5 Å². The van der Waals surface area contributed by atoms with Crippen LogP contribution in [0.2, 0.25) is 0 Å². The Morgan fingerprint density at radius 3 is 2.07 bits per heavy atom. The summed E-state index contributed by atoms with van der Waals surface area (Å²) in [6.45, 7) is 14.8. The highest BCUT2D eigenvalue weighted by Crippen LogP contribution is 2.14. The number of ether oxygens (including phenoxy) is 1. The number of hydrogen-bond donors (Lipinski definition) is 3. The van der Waals surface area contributed by atoms with Gasteiger partial charge in [-0.15, -0.1) is 0 Å². The number of rotatable bonds is 10. The SMILES string of the molecule is Cc1ccc(N[C@@H](CNC(=O)[C@@H](NC(=O)OCC(C)C)C(C)C)C(C)C)cc1. The number of aryl methyl sites for hydroxylation is 1. The van der Waals surface area contributed by atoms with Crippen LogP contribution in [0, 0.1) is 24.7 Å². The van der Waals surface area contributed by atoms with Crippen LogP contribution in [0.3, 0.4) is 0 Å². The van der Waals surface area contributed by atoms with E-state index in [0.29, 0.717) is 19.1 Å². The minimum Gasteiger partial charge on any atom is -0.449 e. The van der Waals surface area contributed by atoms with Gasteiger partial charge in [0.25, 0.3) is 0 Å². The van der Waals surface area contributed by atoms with E-state index in [1.807, 2.05) is 39.8 Å². The highest BCUT2D eigenvalue weighted by Gasteiger charge is 2.26. The number of benzene rings is 1. The average Bonchev–Trinajstić information content (AvgIpc) is 2.62. The van der Waals surface area contributed by atoms with Gasteiger partial charge in [0.15, 0.2) is 0 Å². The lowest BCUT2D eigenvalue weighted by atomic mass is 10.0. The fourth-order valence-corrected chi connectivity index (χ4v) is 2.58. The third kappa shape index (κ3) is 8.63. The summed E-state index contributed by atoms with van der Waals surface area (Å²) in [7, 11) is 0. The maximum Gasteiger partial charge on any atom is 0.407 e. The zero-order valence-corrected chi connectivity index (χ0v) is 18.3. The quantitative estimate of drug-likeness (QED) is 0.564. The van der Waals surface area contributed by atoms with Crippen molar-refractivity contribution in [2.45, 2.75) is 60.5 Å². The van der Waals surface area contributed by atoms with E-state index >= 15 is 0 Å². The van der Waals surface area contributed by atoms with Crippen LogP contribution >= 0.6 is 0 Å². The first-order chi connectivity index (χ1) is 13.1. The second-order valence-electron chi connectivity index (χ2n) is 8.46. The maximum atomic E-state index is 12.7. The molecule has 0 aliphatic rings. The molecule has 0 aromatic heterocycles. The Kier molecular flexibility index (Phi) is 9.83. The number of carbonyl (C=O) groups excluding carboxylic acids is 2. The fourth-order valence-electron chi connectivity index (χ4n) is 2.58. The molecule has 2 amide bonds. The van der Waals surface area contributed by atoms with Crippen molar-refractivity contribution in [1.82, 2.24) is 10.6 Å². The summed E-state index contributed by atoms with van der Waals surface area (Å²) in [5.41, 5.74) is 2.23. The molecule has 158 valence electrons. The van der Waals surface area contributed by atoms with Crippen LogP contribution in [-0.2, 0) is 9.53 Å². The summed E-state index contributed by atoms with van der Waals surface area (Å²) in [4.78, 5) is 24.6. The van der Waals surface area contributed by atoms with E-state index in [1.54, 1.807) is 0 Å². The largest absolute Gasteiger partial charge is 0.449 e. The van der Waals surface area contributed by atoms with E-state index in [9.17, 15) is 9.59 Å². The Hall–Kier alpha value is -2.24. The Bertz CT molecular complexity index is 612. The van der Waals surface area contributed by atoms with Gasteiger partial charge in [-0.1, -0.05) is 59.2 Å². The molecule has 1 rings (SSSR count). The predicted molar refractivity (Wildman–Crippen MR) is 114 cm³/mol. The lowest BCUT2D eigenvalue weighted by molar-refractivity contribution is -0.124. The van der Waals surface area contributed by atoms with Crippen LogP contribution in [0.4, 0.5) is 10.5 Å². The summed E-state index contributed by atoms with van der Waals surface area (Å²) in [6.07, 6.45) is -0.555. The van der Waals surface area contributed by atoms with Crippen LogP contribution in [0.1, 0.15) is 47.1 Å². The Balaban J connectivity index is 2.64. The van der Waals surface area contributed by atoms with Crippen LogP contribution in [0.15, 0.2) is 24.3 Å². The van der Waals surface area contributed by atoms with Crippen LogP contribution in [-0.4, -0.2) is 37.2 Å². The van der Waals surface area contributed by atoms with Crippen molar-refractivity contribution in [2.75, 3.05) is 18.5 Å². The standard InChI is InChI=1S/C22H37N3O3/c1-14(2)13-28-22(27)25-20(16(5)6)21(26)23-12-19(15(3)4)24-18-10-8-17(7)9-11-18/h8-11,14-16,19-20,24H,12-13H2,1-7H3,(H,23,26)(H,25,27)/t19-,20-/m0/s1. The van der Waals surface area contributed by atoms with E-state index in [4.69, 9.17) is 4.74 Å². The number of anilines is 1. The molecule has 2 atom stereocenters. The molecule has 28 heavy (non-hydrogen) atoms. The smallest absolute Gasteiger partial charge is 0.407 e. The molecule has 3 N–H and O–H groups in total. The monoisotopic (exact) mass is 391 g/mol. The first-order valence-corrected chi connectivity index (χ1v) is 10.1. The highest BCUT2D eigenvalue weighted by atomic mass is 16.5. The fraction of sp³-hybridized carbons (Fsp3) is 0.636. The lowest BCUT2D eigenvalue weighted by Crippen LogP contribution is -2.52. The van der Waals surface area contributed by atoms with Gasteiger partial charge in [-0.2, -0.15) is 0 Å². The maximum absolute atomic E-state index is 12.7. The van der Waals surface area contributed by atoms with E-state index in [2.05, 4.69) is 48.9 Å². The highest BCUT2D eigenvalue weighted by molar-refractivity contribution is 5.85. The minimum absolute atomic E-state index is 0.0471. The van der Waals surface area contributed by atoms with E-state index < -0.39 is 12.1 Å². The molecular weight excluding hydrogens is 354 g/mol. The van der Waals surface area contributed by atoms with Crippen LogP contribution < -0.4 is 16.0 Å². The summed E-state index contributed by atoms with van der Waals surface area (Å²) in [5.74, 6) is 0.321. The third-order valence-electron chi connectivity index (χ3n) is 4.47. The molecule has 0 aliphatic carbocycles. The van der Waals surface area contributed by atoms with Crippen molar-refractivity contribution >= 4 is 17.7 Å². The molecule has 0 fully saturated rings. The van der Waals surface area contributed by atoms with E-state index in [1.165, 1.54) is 5.56 Å². The van der Waals surface area contributed by atoms with E-state index in [-0.39, 0.29) is 23.8 Å². The second-order valence-corrected chi connectivity index (χ2v) is 8.46. The normalized spacial score (nSPS) is 13.4. The first-order valence-electron chi connectivity index (χ1n) is 10.1. The van der Waals surface area contributed by atoms with Gasteiger partial charge in [0.1, 0.15) is 6.04 Å². The van der Waals surface area contributed by atoms with E-state index in [0.717, 1.165) is 5.69 Å². The van der Waals surface area contributed by atoms with Crippen molar-refractivity contribution < 1.29 is 14.3 Å². The number of nitrogens with one attached hydrogen (secondary N) is 3. The van der Waals surface area contributed by atoms with Crippen molar-refractivity contribution in [2.24, 2.45) is 17.8 Å². The first kappa shape index (κ1) is 23.8. The lowest BCUT2D eigenvalue weighted by Gasteiger charge is -2.26. The van der Waals surface area contributed by atoms with Gasteiger partial charge in [0, 0.05) is 18.3 Å². The number of amides is 2. The molecule has 1 aromatic rings. The Morgan fingerprint density at radius 2 is 1.57 bits per heavy atom. The molecule has 0 spiro atoms. The summed E-state index contributed by atoms with van der Waals surface area (Å²) >= 11 is 0. The average molecular weight is 392 g/mol. The van der Waals surface area contributed by atoms with Crippen molar-refractivity contribution in [1.29, 1.82) is 0 Å². The van der Waals surface area contributed by atoms with Gasteiger partial charge in [0.05, 0.1) is 6.61 Å². The molecule has 0 bridgehead atoms. The summed E-state index contributed by atoms with van der Waals surface area (Å²) < 4.78 is 5.14. The predicted octanol–water partition coefficient (Wildman–Crippen LogP) is 3.95. The molecular formula is C22H37N3O3. The van der Waals surface area contributed by atoms with Crippen molar-refractivity contribution in [3.05, 3.63) is 29.8 Å². The zero-order valence-electron chi connectivity index (χ0n) is 18.3. The molecule has 1 aromatic carbocycles. The molecule has 0 radical (unpaired) electrons. The molecule has 0 unspecified atom stereocenters. The number of carbonyl (C=O) groups is 2. The number of alkyl carbamates (subject to hydrolysis) is 1. The van der Waals surface area contributed by atoms with Gasteiger partial charge in [0.2, 0.25) is 5.91 Å². The molecule has 0 saturated heterocycles. The van der Waals surface area contributed by atoms with Gasteiger partial charge < -0.3 is 20.7 Å². The Labute approximate surface area is 169 Å². The molecule has 6 heteroatoms. The molecule has 6 nitrogen and oxygen atoms in total. The van der Waals surface area contributed by atoms with Crippen molar-refractivity contribution in [3.63, 3.8) is 0 Å². The summed E-state index contributed by atoms with van der Waals surface area (Å²) in [5, 5.41) is 9.14. The second kappa shape index (κ2) is 11.6. The third-order valence-corrected chi connectivity index (χ3v) is 4.47. The molecule has 0 saturated carbocycles. The molecule has 0 aliphatic heterocycles. The van der Waals surface area contributed by atoms with Crippen LogP contribution in [0.25, 0.3) is 0 Å². The summed E-state index contributed by atoms with van der Waals surface area (Å²) in [6, 6.07) is 7.63. The van der Waals surface area contributed by atoms with Gasteiger partial charge in [-0.05, 0) is 36.8 Å².